The summed E-state index contributed by atoms with van der Waals surface area (Å²) >= 11 is 1.86. The molecule has 4 heteroatoms. The molecule has 0 radical (unpaired) electrons. The molecule has 0 bridgehead atoms. The molecule has 0 atom stereocenters. The second-order valence-corrected chi connectivity index (χ2v) is 7.36. The molecule has 1 fully saturated rings. The fourth-order valence-electron chi connectivity index (χ4n) is 2.13. The summed E-state index contributed by atoms with van der Waals surface area (Å²) in [4.78, 5) is 8.62. The van der Waals surface area contributed by atoms with Gasteiger partial charge in [0.1, 0.15) is 0 Å². The van der Waals surface area contributed by atoms with Crippen molar-refractivity contribution in [3.8, 4) is 0 Å². The lowest BCUT2D eigenvalue weighted by Gasteiger charge is -2.27. The standard InChI is InChI=1S/C15H27N3S/c1-10(2)9-18(11(3)4)15-17-12(5)14(19-15)8-16-13-6-7-13/h10-11,13,16H,6-9H2,1-5H3. The summed E-state index contributed by atoms with van der Waals surface area (Å²) in [6.07, 6.45) is 2.69. The van der Waals surface area contributed by atoms with Crippen molar-refractivity contribution < 1.29 is 0 Å². The van der Waals surface area contributed by atoms with E-state index < -0.39 is 0 Å². The summed E-state index contributed by atoms with van der Waals surface area (Å²) in [7, 11) is 0. The van der Waals surface area contributed by atoms with E-state index in [0.717, 1.165) is 19.1 Å². The Morgan fingerprint density at radius 1 is 1.32 bits per heavy atom. The maximum absolute atomic E-state index is 4.79. The van der Waals surface area contributed by atoms with E-state index in [9.17, 15) is 0 Å². The summed E-state index contributed by atoms with van der Waals surface area (Å²) in [6.45, 7) is 13.2. The Hall–Kier alpha value is -0.610. The van der Waals surface area contributed by atoms with Crippen molar-refractivity contribution in [2.24, 2.45) is 5.92 Å². The van der Waals surface area contributed by atoms with Crippen LogP contribution in [0.25, 0.3) is 0 Å². The highest BCUT2D eigenvalue weighted by Gasteiger charge is 2.22. The minimum absolute atomic E-state index is 0.511. The lowest BCUT2D eigenvalue weighted by atomic mass is 10.2. The maximum atomic E-state index is 4.79. The van der Waals surface area contributed by atoms with Crippen LogP contribution in [0.1, 0.15) is 51.1 Å². The van der Waals surface area contributed by atoms with E-state index >= 15 is 0 Å². The highest BCUT2D eigenvalue weighted by Crippen LogP contribution is 2.29. The van der Waals surface area contributed by atoms with Crippen LogP contribution in [0.15, 0.2) is 0 Å². The molecule has 0 unspecified atom stereocenters. The van der Waals surface area contributed by atoms with Crippen LogP contribution in [-0.2, 0) is 6.54 Å². The molecule has 108 valence electrons. The quantitative estimate of drug-likeness (QED) is 0.828. The first-order valence-electron chi connectivity index (χ1n) is 7.43. The van der Waals surface area contributed by atoms with Crippen molar-refractivity contribution in [2.45, 2.75) is 66.1 Å². The predicted molar refractivity (Wildman–Crippen MR) is 84.0 cm³/mol. The molecule has 1 saturated carbocycles. The summed E-state index contributed by atoms with van der Waals surface area (Å²) in [5, 5.41) is 4.78. The zero-order valence-corrected chi connectivity index (χ0v) is 13.7. The first-order chi connectivity index (χ1) is 8.97. The molecule has 3 nitrogen and oxygen atoms in total. The zero-order valence-electron chi connectivity index (χ0n) is 12.9. The predicted octanol–water partition coefficient (Wildman–Crippen LogP) is 3.57. The smallest absolute Gasteiger partial charge is 0.186 e. The molecule has 19 heavy (non-hydrogen) atoms. The van der Waals surface area contributed by atoms with Gasteiger partial charge in [0.15, 0.2) is 5.13 Å². The molecule has 1 aromatic rings. The van der Waals surface area contributed by atoms with E-state index in [1.165, 1.54) is 28.5 Å². The van der Waals surface area contributed by atoms with E-state index in [1.54, 1.807) is 0 Å². The van der Waals surface area contributed by atoms with Crippen molar-refractivity contribution in [3.63, 3.8) is 0 Å². The number of aromatic nitrogens is 1. The van der Waals surface area contributed by atoms with Gasteiger partial charge in [0, 0.05) is 30.1 Å². The Kier molecular flexibility index (Phi) is 4.85. The number of hydrogen-bond acceptors (Lipinski definition) is 4. The van der Waals surface area contributed by atoms with Crippen LogP contribution in [-0.4, -0.2) is 23.6 Å². The first kappa shape index (κ1) is 14.8. The van der Waals surface area contributed by atoms with Crippen molar-refractivity contribution >= 4 is 16.5 Å². The molecule has 0 amide bonds. The van der Waals surface area contributed by atoms with Crippen LogP contribution in [0.2, 0.25) is 0 Å². The van der Waals surface area contributed by atoms with E-state index in [0.29, 0.717) is 12.0 Å². The van der Waals surface area contributed by atoms with E-state index in [4.69, 9.17) is 4.98 Å². The molecular weight excluding hydrogens is 254 g/mol. The average Bonchev–Trinajstić information content (AvgIpc) is 3.07. The second-order valence-electron chi connectivity index (χ2n) is 6.30. The number of hydrogen-bond donors (Lipinski definition) is 1. The van der Waals surface area contributed by atoms with E-state index in [2.05, 4.69) is 44.8 Å². The molecule has 2 rings (SSSR count). The molecule has 1 aromatic heterocycles. The van der Waals surface area contributed by atoms with Crippen LogP contribution in [0.5, 0.6) is 0 Å². The number of nitrogens with one attached hydrogen (secondary N) is 1. The lowest BCUT2D eigenvalue weighted by molar-refractivity contribution is 0.569. The summed E-state index contributed by atoms with van der Waals surface area (Å²) < 4.78 is 0. The lowest BCUT2D eigenvalue weighted by Crippen LogP contribution is -2.34. The summed E-state index contributed by atoms with van der Waals surface area (Å²) in [6, 6.07) is 1.28. The Balaban J connectivity index is 2.06. The topological polar surface area (TPSA) is 28.2 Å². The van der Waals surface area contributed by atoms with Crippen LogP contribution >= 0.6 is 11.3 Å². The molecule has 1 heterocycles. The number of rotatable bonds is 7. The third kappa shape index (κ3) is 4.18. The first-order valence-corrected chi connectivity index (χ1v) is 8.25. The molecule has 0 spiro atoms. The van der Waals surface area contributed by atoms with Gasteiger partial charge in [-0.1, -0.05) is 13.8 Å². The Morgan fingerprint density at radius 3 is 2.53 bits per heavy atom. The van der Waals surface area contributed by atoms with Crippen molar-refractivity contribution in [1.82, 2.24) is 10.3 Å². The zero-order chi connectivity index (χ0) is 14.0. The van der Waals surface area contributed by atoms with Crippen LogP contribution in [0.4, 0.5) is 5.13 Å². The van der Waals surface area contributed by atoms with Crippen molar-refractivity contribution in [2.75, 3.05) is 11.4 Å². The Labute approximate surface area is 121 Å². The normalized spacial score (nSPS) is 15.5. The van der Waals surface area contributed by atoms with Crippen molar-refractivity contribution in [1.29, 1.82) is 0 Å². The average molecular weight is 281 g/mol. The molecule has 1 aliphatic rings. The van der Waals surface area contributed by atoms with Gasteiger partial charge in [-0.3, -0.25) is 0 Å². The molecule has 0 aromatic carbocycles. The van der Waals surface area contributed by atoms with Crippen LogP contribution in [0, 0.1) is 12.8 Å². The number of nitrogens with zero attached hydrogens (tertiary/aromatic N) is 2. The third-order valence-corrected chi connectivity index (χ3v) is 4.64. The Morgan fingerprint density at radius 2 is 2.00 bits per heavy atom. The fraction of sp³-hybridized carbons (Fsp3) is 0.800. The van der Waals surface area contributed by atoms with Crippen LogP contribution < -0.4 is 10.2 Å². The van der Waals surface area contributed by atoms with Crippen molar-refractivity contribution in [3.05, 3.63) is 10.6 Å². The minimum Gasteiger partial charge on any atom is -0.345 e. The number of thiazole rings is 1. The summed E-state index contributed by atoms with van der Waals surface area (Å²) in [5.41, 5.74) is 1.20. The molecule has 1 N–H and O–H groups in total. The van der Waals surface area contributed by atoms with Gasteiger partial charge in [-0.2, -0.15) is 0 Å². The largest absolute Gasteiger partial charge is 0.345 e. The second kappa shape index (κ2) is 6.23. The van der Waals surface area contributed by atoms with Gasteiger partial charge in [0.05, 0.1) is 5.69 Å². The maximum Gasteiger partial charge on any atom is 0.186 e. The van der Waals surface area contributed by atoms with Gasteiger partial charge in [0.2, 0.25) is 0 Å². The number of aryl methyl sites for hydroxylation is 1. The molecule has 1 aliphatic carbocycles. The van der Waals surface area contributed by atoms with Gasteiger partial charge < -0.3 is 10.2 Å². The SMILES string of the molecule is Cc1nc(N(CC(C)C)C(C)C)sc1CNC1CC1. The Bertz CT molecular complexity index is 408. The molecule has 0 aliphatic heterocycles. The monoisotopic (exact) mass is 281 g/mol. The molecule has 0 saturated heterocycles. The van der Waals surface area contributed by atoms with Gasteiger partial charge >= 0.3 is 0 Å². The van der Waals surface area contributed by atoms with E-state index in [-0.39, 0.29) is 0 Å². The van der Waals surface area contributed by atoms with Crippen LogP contribution in [0.3, 0.4) is 0 Å². The fourth-order valence-corrected chi connectivity index (χ4v) is 3.28. The van der Waals surface area contributed by atoms with E-state index in [1.807, 2.05) is 11.3 Å². The van der Waals surface area contributed by atoms with Gasteiger partial charge in [0.25, 0.3) is 0 Å². The van der Waals surface area contributed by atoms with Gasteiger partial charge in [-0.25, -0.2) is 4.98 Å². The minimum atomic E-state index is 0.511. The highest BCUT2D eigenvalue weighted by atomic mass is 32.1. The van der Waals surface area contributed by atoms with Gasteiger partial charge in [-0.05, 0) is 39.5 Å². The summed E-state index contributed by atoms with van der Waals surface area (Å²) in [5.74, 6) is 0.666. The number of anilines is 1. The van der Waals surface area contributed by atoms with Gasteiger partial charge in [-0.15, -0.1) is 11.3 Å². The highest BCUT2D eigenvalue weighted by molar-refractivity contribution is 7.15. The molecular formula is C15H27N3S. The third-order valence-electron chi connectivity index (χ3n) is 3.44.